The summed E-state index contributed by atoms with van der Waals surface area (Å²) >= 11 is 2.95. The topological polar surface area (TPSA) is 58.2 Å². The fraction of sp³-hybridized carbons (Fsp3) is 0.250. The van der Waals surface area contributed by atoms with E-state index in [2.05, 4.69) is 10.6 Å². The molecule has 0 aliphatic heterocycles. The number of hydrogen-bond acceptors (Lipinski definition) is 4. The normalized spacial score (nSPS) is 10.3. The number of halogens is 1. The van der Waals surface area contributed by atoms with E-state index in [-0.39, 0.29) is 24.2 Å². The molecule has 0 bridgehead atoms. The van der Waals surface area contributed by atoms with Crippen LogP contribution in [-0.4, -0.2) is 30.7 Å². The van der Waals surface area contributed by atoms with Crippen molar-refractivity contribution in [3.63, 3.8) is 0 Å². The number of nitrogens with one attached hydrogen (secondary N) is 2. The fourth-order valence-corrected chi connectivity index (χ4v) is 3.23. The van der Waals surface area contributed by atoms with Crippen molar-refractivity contribution >= 4 is 34.9 Å². The number of hydrogen-bond donors (Lipinski definition) is 2. The van der Waals surface area contributed by atoms with Gasteiger partial charge >= 0.3 is 0 Å². The molecular formula is C16H17FN2O2S2. The summed E-state index contributed by atoms with van der Waals surface area (Å²) < 4.78 is 12.8. The van der Waals surface area contributed by atoms with Gasteiger partial charge in [-0.15, -0.1) is 23.1 Å². The van der Waals surface area contributed by atoms with Crippen LogP contribution in [0.2, 0.25) is 0 Å². The lowest BCUT2D eigenvalue weighted by Gasteiger charge is -2.06. The van der Waals surface area contributed by atoms with E-state index < -0.39 is 0 Å². The zero-order valence-corrected chi connectivity index (χ0v) is 14.0. The summed E-state index contributed by atoms with van der Waals surface area (Å²) in [6, 6.07) is 9.83. The first-order valence-electron chi connectivity index (χ1n) is 7.12. The van der Waals surface area contributed by atoms with Gasteiger partial charge in [0.1, 0.15) is 5.82 Å². The number of carbonyl (C=O) groups excluding carboxylic acids is 2. The molecule has 1 heterocycles. The maximum absolute atomic E-state index is 12.8. The van der Waals surface area contributed by atoms with Crippen molar-refractivity contribution in [3.8, 4) is 0 Å². The van der Waals surface area contributed by atoms with E-state index in [1.165, 1.54) is 23.5 Å². The van der Waals surface area contributed by atoms with Crippen molar-refractivity contribution < 1.29 is 14.0 Å². The van der Waals surface area contributed by atoms with E-state index >= 15 is 0 Å². The first-order valence-corrected chi connectivity index (χ1v) is 8.98. The molecule has 7 heteroatoms. The maximum atomic E-state index is 12.8. The highest BCUT2D eigenvalue weighted by Gasteiger charge is 2.08. The molecule has 122 valence electrons. The summed E-state index contributed by atoms with van der Waals surface area (Å²) in [5, 5.41) is 7.14. The number of thioether (sulfide) groups is 1. The summed E-state index contributed by atoms with van der Waals surface area (Å²) in [7, 11) is 0. The van der Waals surface area contributed by atoms with Crippen molar-refractivity contribution in [2.45, 2.75) is 11.3 Å². The third kappa shape index (κ3) is 6.42. The summed E-state index contributed by atoms with van der Waals surface area (Å²) in [4.78, 5) is 24.9. The number of amides is 2. The Balaban J connectivity index is 1.54. The average molecular weight is 352 g/mol. The van der Waals surface area contributed by atoms with Gasteiger partial charge in [-0.25, -0.2) is 4.39 Å². The quantitative estimate of drug-likeness (QED) is 0.567. The summed E-state index contributed by atoms with van der Waals surface area (Å²) in [6.07, 6.45) is 0.798. The van der Waals surface area contributed by atoms with Gasteiger partial charge in [0.05, 0.1) is 11.4 Å². The minimum Gasteiger partial charge on any atom is -0.355 e. The Labute approximate surface area is 142 Å². The van der Waals surface area contributed by atoms with Crippen LogP contribution in [0.4, 0.5) is 4.39 Å². The lowest BCUT2D eigenvalue weighted by Crippen LogP contribution is -2.37. The van der Waals surface area contributed by atoms with E-state index in [1.807, 2.05) is 5.38 Å². The zero-order valence-electron chi connectivity index (χ0n) is 12.4. The molecule has 2 amide bonds. The number of carbonyl (C=O) groups is 2. The zero-order chi connectivity index (χ0) is 16.5. The highest BCUT2D eigenvalue weighted by molar-refractivity contribution is 7.99. The average Bonchev–Trinajstić information content (AvgIpc) is 3.08. The molecule has 0 radical (unpaired) electrons. The number of benzene rings is 1. The predicted molar refractivity (Wildman–Crippen MR) is 91.4 cm³/mol. The van der Waals surface area contributed by atoms with E-state index in [4.69, 9.17) is 0 Å². The van der Waals surface area contributed by atoms with E-state index in [1.54, 1.807) is 36.0 Å². The molecule has 23 heavy (non-hydrogen) atoms. The van der Waals surface area contributed by atoms with Crippen LogP contribution in [0.5, 0.6) is 0 Å². The summed E-state index contributed by atoms with van der Waals surface area (Å²) in [5.74, 6) is 0.142. The van der Waals surface area contributed by atoms with Gasteiger partial charge in [0.15, 0.2) is 0 Å². The molecule has 4 nitrogen and oxygen atoms in total. The van der Waals surface area contributed by atoms with Crippen molar-refractivity contribution in [1.82, 2.24) is 10.6 Å². The molecule has 0 aliphatic rings. The van der Waals surface area contributed by atoms with Crippen LogP contribution in [-0.2, 0) is 4.79 Å². The van der Waals surface area contributed by atoms with Gasteiger partial charge in [0.25, 0.3) is 5.91 Å². The molecule has 0 atom stereocenters. The second-order valence-corrected chi connectivity index (χ2v) is 6.78. The van der Waals surface area contributed by atoms with Crippen molar-refractivity contribution in [2.24, 2.45) is 0 Å². The standard InChI is InChI=1S/C16H17FN2O2S2/c17-12-4-6-13(7-5-12)22-10-2-8-18-15(20)11-19-16(21)14-3-1-9-23-14/h1,3-7,9H,2,8,10-11H2,(H,18,20)(H,19,21). The molecule has 0 aliphatic carbocycles. The van der Waals surface area contributed by atoms with Crippen LogP contribution < -0.4 is 10.6 Å². The lowest BCUT2D eigenvalue weighted by molar-refractivity contribution is -0.120. The SMILES string of the molecule is O=C(CNC(=O)c1cccs1)NCCCSc1ccc(F)cc1. The molecule has 0 saturated carbocycles. The Morgan fingerprint density at radius 3 is 2.61 bits per heavy atom. The molecule has 0 unspecified atom stereocenters. The Hall–Kier alpha value is -1.86. The van der Waals surface area contributed by atoms with Crippen LogP contribution in [0.3, 0.4) is 0 Å². The Morgan fingerprint density at radius 1 is 1.13 bits per heavy atom. The largest absolute Gasteiger partial charge is 0.355 e. The second kappa shape index (κ2) is 9.32. The van der Waals surface area contributed by atoms with E-state index in [9.17, 15) is 14.0 Å². The molecule has 0 fully saturated rings. The van der Waals surface area contributed by atoms with Crippen LogP contribution in [0.1, 0.15) is 16.1 Å². The minimum absolute atomic E-state index is 0.0260. The molecular weight excluding hydrogens is 335 g/mol. The molecule has 2 aromatic rings. The van der Waals surface area contributed by atoms with Crippen LogP contribution in [0.15, 0.2) is 46.7 Å². The molecule has 0 spiro atoms. The number of thiophene rings is 1. The Kier molecular flexibility index (Phi) is 7.09. The second-order valence-electron chi connectivity index (χ2n) is 4.67. The van der Waals surface area contributed by atoms with Gasteiger partial charge in [0, 0.05) is 11.4 Å². The van der Waals surface area contributed by atoms with Crippen LogP contribution in [0, 0.1) is 5.82 Å². The number of rotatable bonds is 8. The van der Waals surface area contributed by atoms with Crippen LogP contribution >= 0.6 is 23.1 Å². The molecule has 1 aromatic heterocycles. The van der Waals surface area contributed by atoms with E-state index in [0.717, 1.165) is 17.1 Å². The van der Waals surface area contributed by atoms with E-state index in [0.29, 0.717) is 11.4 Å². The summed E-state index contributed by atoms with van der Waals surface area (Å²) in [6.45, 7) is 0.518. The minimum atomic E-state index is -0.244. The van der Waals surface area contributed by atoms with Crippen LogP contribution in [0.25, 0.3) is 0 Å². The first-order chi connectivity index (χ1) is 11.1. The predicted octanol–water partition coefficient (Wildman–Crippen LogP) is 2.92. The third-order valence-corrected chi connectivity index (χ3v) is 4.85. The first kappa shape index (κ1) is 17.5. The fourth-order valence-electron chi connectivity index (χ4n) is 1.74. The highest BCUT2D eigenvalue weighted by atomic mass is 32.2. The summed E-state index contributed by atoms with van der Waals surface area (Å²) in [5.41, 5.74) is 0. The van der Waals surface area contributed by atoms with Crippen molar-refractivity contribution in [1.29, 1.82) is 0 Å². The van der Waals surface area contributed by atoms with Gasteiger partial charge in [-0.3, -0.25) is 9.59 Å². The molecule has 2 N–H and O–H groups in total. The van der Waals surface area contributed by atoms with Gasteiger partial charge < -0.3 is 10.6 Å². The highest BCUT2D eigenvalue weighted by Crippen LogP contribution is 2.18. The van der Waals surface area contributed by atoms with Gasteiger partial charge in [0.2, 0.25) is 5.91 Å². The molecule has 2 rings (SSSR count). The smallest absolute Gasteiger partial charge is 0.261 e. The monoisotopic (exact) mass is 352 g/mol. The Bertz CT molecular complexity index is 630. The maximum Gasteiger partial charge on any atom is 0.261 e. The lowest BCUT2D eigenvalue weighted by atomic mass is 10.4. The Morgan fingerprint density at radius 2 is 1.91 bits per heavy atom. The van der Waals surface area contributed by atoms with Gasteiger partial charge in [-0.05, 0) is 47.9 Å². The van der Waals surface area contributed by atoms with Crippen molar-refractivity contribution in [3.05, 3.63) is 52.5 Å². The third-order valence-electron chi connectivity index (χ3n) is 2.88. The molecule has 1 aromatic carbocycles. The van der Waals surface area contributed by atoms with Gasteiger partial charge in [-0.2, -0.15) is 0 Å². The molecule has 0 saturated heterocycles. The van der Waals surface area contributed by atoms with Gasteiger partial charge in [-0.1, -0.05) is 6.07 Å². The van der Waals surface area contributed by atoms with Crippen molar-refractivity contribution in [2.75, 3.05) is 18.8 Å².